The van der Waals surface area contributed by atoms with Crippen molar-refractivity contribution in [1.82, 2.24) is 4.90 Å². The molecule has 1 heterocycles. The zero-order valence-corrected chi connectivity index (χ0v) is 12.4. The maximum absolute atomic E-state index is 9.21. The number of piperidine rings is 1. The van der Waals surface area contributed by atoms with Gasteiger partial charge in [0.25, 0.3) is 0 Å². The van der Waals surface area contributed by atoms with Crippen LogP contribution < -0.4 is 0 Å². The molecule has 0 aromatic heterocycles. The second-order valence-corrected chi connectivity index (χ2v) is 6.14. The van der Waals surface area contributed by atoms with Crippen LogP contribution in [0, 0.1) is 5.92 Å². The smallest absolute Gasteiger partial charge is 0.0471 e. The number of nitrogens with zero attached hydrogens (tertiary/aromatic N) is 1. The molecule has 1 aliphatic rings. The predicted octanol–water partition coefficient (Wildman–Crippen LogP) is 3.09. The first-order valence-electron chi connectivity index (χ1n) is 6.85. The van der Waals surface area contributed by atoms with Gasteiger partial charge >= 0.3 is 0 Å². The molecule has 3 heteroatoms. The number of hydrogen-bond donors (Lipinski definition) is 1. The van der Waals surface area contributed by atoms with E-state index < -0.39 is 0 Å². The van der Waals surface area contributed by atoms with Gasteiger partial charge < -0.3 is 10.0 Å². The minimum atomic E-state index is 0.350. The molecule has 0 aliphatic carbocycles. The Bertz CT molecular complexity index is 352. The minimum Gasteiger partial charge on any atom is -0.396 e. The second kappa shape index (κ2) is 7.27. The summed E-state index contributed by atoms with van der Waals surface area (Å²) in [7, 11) is 0. The molecule has 1 N–H and O–H groups in total. The highest BCUT2D eigenvalue weighted by molar-refractivity contribution is 9.10. The van der Waals surface area contributed by atoms with Crippen LogP contribution in [0.25, 0.3) is 0 Å². The SMILES string of the molecule is OCC1CCCN(CCCc2ccc(Br)cc2)C1. The van der Waals surface area contributed by atoms with E-state index in [0.29, 0.717) is 12.5 Å². The molecule has 1 unspecified atom stereocenters. The van der Waals surface area contributed by atoms with Crippen molar-refractivity contribution < 1.29 is 5.11 Å². The van der Waals surface area contributed by atoms with Gasteiger partial charge in [-0.15, -0.1) is 0 Å². The summed E-state index contributed by atoms with van der Waals surface area (Å²) < 4.78 is 1.15. The van der Waals surface area contributed by atoms with E-state index in [0.717, 1.165) is 24.0 Å². The number of likely N-dealkylation sites (tertiary alicyclic amines) is 1. The molecule has 2 nitrogen and oxygen atoms in total. The first kappa shape index (κ1) is 14.0. The third-order valence-electron chi connectivity index (χ3n) is 3.71. The van der Waals surface area contributed by atoms with Crippen LogP contribution in [-0.2, 0) is 6.42 Å². The minimum absolute atomic E-state index is 0.350. The van der Waals surface area contributed by atoms with Crippen LogP contribution in [0.3, 0.4) is 0 Å². The van der Waals surface area contributed by atoms with E-state index in [1.165, 1.54) is 31.4 Å². The molecule has 100 valence electrons. The second-order valence-electron chi connectivity index (χ2n) is 5.22. The lowest BCUT2D eigenvalue weighted by atomic mass is 9.98. The summed E-state index contributed by atoms with van der Waals surface area (Å²) in [5.74, 6) is 0.506. The maximum Gasteiger partial charge on any atom is 0.0471 e. The fourth-order valence-corrected chi connectivity index (χ4v) is 2.93. The van der Waals surface area contributed by atoms with E-state index in [-0.39, 0.29) is 0 Å². The topological polar surface area (TPSA) is 23.5 Å². The van der Waals surface area contributed by atoms with Gasteiger partial charge in [-0.3, -0.25) is 0 Å². The van der Waals surface area contributed by atoms with Gasteiger partial charge in [0.15, 0.2) is 0 Å². The molecule has 1 aromatic carbocycles. The van der Waals surface area contributed by atoms with Crippen LogP contribution in [-0.4, -0.2) is 36.2 Å². The Morgan fingerprint density at radius 3 is 2.78 bits per heavy atom. The first-order valence-corrected chi connectivity index (χ1v) is 7.65. The summed E-state index contributed by atoms with van der Waals surface area (Å²) in [5.41, 5.74) is 1.41. The normalized spacial score (nSPS) is 21.1. The average Bonchev–Trinajstić information content (AvgIpc) is 2.41. The quantitative estimate of drug-likeness (QED) is 0.903. The number of aliphatic hydroxyl groups is 1. The van der Waals surface area contributed by atoms with E-state index in [1.807, 2.05) is 0 Å². The van der Waals surface area contributed by atoms with Gasteiger partial charge in [0.1, 0.15) is 0 Å². The third-order valence-corrected chi connectivity index (χ3v) is 4.24. The molecule has 1 aromatic rings. The fourth-order valence-electron chi connectivity index (χ4n) is 2.66. The lowest BCUT2D eigenvalue weighted by Crippen LogP contribution is -2.37. The van der Waals surface area contributed by atoms with Crippen molar-refractivity contribution >= 4 is 15.9 Å². The molecule has 18 heavy (non-hydrogen) atoms. The molecule has 0 spiro atoms. The highest BCUT2D eigenvalue weighted by Gasteiger charge is 2.18. The zero-order chi connectivity index (χ0) is 12.8. The fraction of sp³-hybridized carbons (Fsp3) is 0.600. The summed E-state index contributed by atoms with van der Waals surface area (Å²) >= 11 is 3.46. The Kier molecular flexibility index (Phi) is 5.67. The zero-order valence-electron chi connectivity index (χ0n) is 10.8. The lowest BCUT2D eigenvalue weighted by Gasteiger charge is -2.31. The summed E-state index contributed by atoms with van der Waals surface area (Å²) in [5, 5.41) is 9.21. The number of halogens is 1. The van der Waals surface area contributed by atoms with Gasteiger partial charge in [-0.05, 0) is 62.4 Å². The van der Waals surface area contributed by atoms with Crippen molar-refractivity contribution in [3.05, 3.63) is 34.3 Å². The molecular formula is C15H22BrNO. The number of aliphatic hydroxyl groups excluding tert-OH is 1. The summed E-state index contributed by atoms with van der Waals surface area (Å²) in [6.45, 7) is 3.80. The van der Waals surface area contributed by atoms with Gasteiger partial charge in [-0.1, -0.05) is 28.1 Å². The Balaban J connectivity index is 1.70. The van der Waals surface area contributed by atoms with E-state index in [2.05, 4.69) is 45.1 Å². The van der Waals surface area contributed by atoms with Crippen LogP contribution in [0.5, 0.6) is 0 Å². The standard InChI is InChI=1S/C15H22BrNO/c16-15-7-5-13(6-8-15)3-1-9-17-10-2-4-14(11-17)12-18/h5-8,14,18H,1-4,9-12H2. The van der Waals surface area contributed by atoms with Crippen LogP contribution in [0.2, 0.25) is 0 Å². The number of rotatable bonds is 5. The van der Waals surface area contributed by atoms with Gasteiger partial charge in [0, 0.05) is 17.6 Å². The van der Waals surface area contributed by atoms with Gasteiger partial charge in [0.2, 0.25) is 0 Å². The van der Waals surface area contributed by atoms with Crippen molar-refractivity contribution in [2.24, 2.45) is 5.92 Å². The van der Waals surface area contributed by atoms with Gasteiger partial charge in [0.05, 0.1) is 0 Å². The van der Waals surface area contributed by atoms with Crippen molar-refractivity contribution in [2.75, 3.05) is 26.2 Å². The van der Waals surface area contributed by atoms with Crippen molar-refractivity contribution in [1.29, 1.82) is 0 Å². The third kappa shape index (κ3) is 4.38. The van der Waals surface area contributed by atoms with E-state index in [9.17, 15) is 5.11 Å². The number of benzene rings is 1. The van der Waals surface area contributed by atoms with Crippen LogP contribution in [0.4, 0.5) is 0 Å². The lowest BCUT2D eigenvalue weighted by molar-refractivity contribution is 0.120. The van der Waals surface area contributed by atoms with Crippen molar-refractivity contribution in [3.8, 4) is 0 Å². The molecule has 0 radical (unpaired) electrons. The van der Waals surface area contributed by atoms with Crippen LogP contribution in [0.15, 0.2) is 28.7 Å². The average molecular weight is 312 g/mol. The summed E-state index contributed by atoms with van der Waals surface area (Å²) in [6, 6.07) is 8.60. The predicted molar refractivity (Wildman–Crippen MR) is 78.7 cm³/mol. The van der Waals surface area contributed by atoms with Gasteiger partial charge in [-0.25, -0.2) is 0 Å². The monoisotopic (exact) mass is 311 g/mol. The van der Waals surface area contributed by atoms with Crippen molar-refractivity contribution in [3.63, 3.8) is 0 Å². The largest absolute Gasteiger partial charge is 0.396 e. The molecule has 0 amide bonds. The summed E-state index contributed by atoms with van der Waals surface area (Å²) in [6.07, 6.45) is 4.79. The highest BCUT2D eigenvalue weighted by atomic mass is 79.9. The molecule has 1 atom stereocenters. The number of hydrogen-bond acceptors (Lipinski definition) is 2. The molecule has 0 saturated carbocycles. The van der Waals surface area contributed by atoms with Crippen LogP contribution >= 0.6 is 15.9 Å². The maximum atomic E-state index is 9.21. The van der Waals surface area contributed by atoms with E-state index >= 15 is 0 Å². The number of aryl methyl sites for hydroxylation is 1. The van der Waals surface area contributed by atoms with Gasteiger partial charge in [-0.2, -0.15) is 0 Å². The summed E-state index contributed by atoms with van der Waals surface area (Å²) in [4.78, 5) is 2.50. The molecular weight excluding hydrogens is 290 g/mol. The molecule has 1 aliphatic heterocycles. The Morgan fingerprint density at radius 1 is 1.28 bits per heavy atom. The first-order chi connectivity index (χ1) is 8.78. The Labute approximate surface area is 118 Å². The Hall–Kier alpha value is -0.380. The van der Waals surface area contributed by atoms with Crippen molar-refractivity contribution in [2.45, 2.75) is 25.7 Å². The van der Waals surface area contributed by atoms with E-state index in [4.69, 9.17) is 0 Å². The molecule has 1 saturated heterocycles. The highest BCUT2D eigenvalue weighted by Crippen LogP contribution is 2.17. The van der Waals surface area contributed by atoms with Crippen LogP contribution in [0.1, 0.15) is 24.8 Å². The Morgan fingerprint density at radius 2 is 2.06 bits per heavy atom. The van der Waals surface area contributed by atoms with E-state index in [1.54, 1.807) is 0 Å². The molecule has 0 bridgehead atoms. The molecule has 1 fully saturated rings. The molecule has 2 rings (SSSR count).